The highest BCUT2D eigenvalue weighted by Gasteiger charge is 2.20. The molecule has 1 fully saturated rings. The van der Waals surface area contributed by atoms with Gasteiger partial charge in [0.05, 0.1) is 0 Å². The van der Waals surface area contributed by atoms with E-state index in [2.05, 4.69) is 24.4 Å². The number of halogens is 1. The summed E-state index contributed by atoms with van der Waals surface area (Å²) in [5, 5.41) is 4.36. The smallest absolute Gasteiger partial charge is 0.0406 e. The molecule has 1 aromatic rings. The van der Waals surface area contributed by atoms with E-state index in [-0.39, 0.29) is 0 Å². The molecule has 2 atom stereocenters. The first-order chi connectivity index (χ1) is 6.74. The first-order valence-corrected chi connectivity index (χ1v) is 5.59. The largest absolute Gasteiger partial charge is 0.313 e. The van der Waals surface area contributed by atoms with Crippen molar-refractivity contribution in [1.29, 1.82) is 0 Å². The van der Waals surface area contributed by atoms with Crippen LogP contribution in [0.3, 0.4) is 0 Å². The van der Waals surface area contributed by atoms with Crippen LogP contribution in [0.1, 0.15) is 18.9 Å². The van der Waals surface area contributed by atoms with Gasteiger partial charge in [0.25, 0.3) is 0 Å². The third-order valence-electron chi connectivity index (χ3n) is 2.84. The van der Waals surface area contributed by atoms with Crippen LogP contribution in [0.4, 0.5) is 0 Å². The Morgan fingerprint density at radius 3 is 2.64 bits per heavy atom. The predicted octanol–water partition coefficient (Wildman–Crippen LogP) is 2.88. The van der Waals surface area contributed by atoms with Crippen LogP contribution in [-0.4, -0.2) is 12.6 Å². The topological polar surface area (TPSA) is 12.0 Å². The fourth-order valence-electron chi connectivity index (χ4n) is 2.08. The summed E-state index contributed by atoms with van der Waals surface area (Å²) in [6.45, 7) is 3.47. The number of benzene rings is 1. The zero-order valence-corrected chi connectivity index (χ0v) is 9.22. The van der Waals surface area contributed by atoms with E-state index in [0.29, 0.717) is 6.04 Å². The van der Waals surface area contributed by atoms with Gasteiger partial charge in [0.1, 0.15) is 0 Å². The van der Waals surface area contributed by atoms with Gasteiger partial charge in [-0.2, -0.15) is 0 Å². The first kappa shape index (κ1) is 10.0. The van der Waals surface area contributed by atoms with E-state index < -0.39 is 0 Å². The van der Waals surface area contributed by atoms with Crippen LogP contribution in [-0.2, 0) is 6.42 Å². The van der Waals surface area contributed by atoms with Gasteiger partial charge in [0, 0.05) is 11.1 Å². The van der Waals surface area contributed by atoms with E-state index in [4.69, 9.17) is 11.6 Å². The van der Waals surface area contributed by atoms with Crippen molar-refractivity contribution in [2.75, 3.05) is 6.54 Å². The Morgan fingerprint density at radius 2 is 2.07 bits per heavy atom. The fourth-order valence-corrected chi connectivity index (χ4v) is 2.21. The lowest BCUT2D eigenvalue weighted by atomic mass is 10.0. The van der Waals surface area contributed by atoms with Gasteiger partial charge >= 0.3 is 0 Å². The molecule has 1 nitrogen and oxygen atoms in total. The second-order valence-corrected chi connectivity index (χ2v) is 4.71. The third kappa shape index (κ3) is 2.49. The molecule has 0 saturated carbocycles. The van der Waals surface area contributed by atoms with Gasteiger partial charge in [0.2, 0.25) is 0 Å². The van der Waals surface area contributed by atoms with Gasteiger partial charge in [0.15, 0.2) is 0 Å². The monoisotopic (exact) mass is 209 g/mol. The molecule has 14 heavy (non-hydrogen) atoms. The lowest BCUT2D eigenvalue weighted by molar-refractivity contribution is 0.581. The zero-order valence-electron chi connectivity index (χ0n) is 8.46. The molecule has 1 saturated heterocycles. The van der Waals surface area contributed by atoms with Crippen LogP contribution in [0, 0.1) is 5.92 Å². The predicted molar refractivity (Wildman–Crippen MR) is 60.7 cm³/mol. The minimum Gasteiger partial charge on any atom is -0.313 e. The molecule has 0 amide bonds. The molecule has 2 rings (SSSR count). The zero-order chi connectivity index (χ0) is 9.97. The van der Waals surface area contributed by atoms with Gasteiger partial charge in [-0.25, -0.2) is 0 Å². The first-order valence-electron chi connectivity index (χ1n) is 5.22. The Hall–Kier alpha value is -0.530. The summed E-state index contributed by atoms with van der Waals surface area (Å²) in [6.07, 6.45) is 2.42. The van der Waals surface area contributed by atoms with Gasteiger partial charge in [-0.3, -0.25) is 0 Å². The summed E-state index contributed by atoms with van der Waals surface area (Å²) in [5.41, 5.74) is 1.38. The summed E-state index contributed by atoms with van der Waals surface area (Å²) in [4.78, 5) is 0. The van der Waals surface area contributed by atoms with E-state index >= 15 is 0 Å². The number of hydrogen-bond acceptors (Lipinski definition) is 1. The van der Waals surface area contributed by atoms with Crippen molar-refractivity contribution >= 4 is 11.6 Å². The molecule has 1 aliphatic heterocycles. The van der Waals surface area contributed by atoms with Gasteiger partial charge in [-0.05, 0) is 43.0 Å². The second kappa shape index (κ2) is 4.33. The second-order valence-electron chi connectivity index (χ2n) is 4.28. The summed E-state index contributed by atoms with van der Waals surface area (Å²) in [7, 11) is 0. The maximum absolute atomic E-state index is 5.84. The van der Waals surface area contributed by atoms with Crippen molar-refractivity contribution in [3.05, 3.63) is 34.9 Å². The van der Waals surface area contributed by atoms with Crippen LogP contribution in [0.5, 0.6) is 0 Å². The summed E-state index contributed by atoms with van der Waals surface area (Å²) < 4.78 is 0. The summed E-state index contributed by atoms with van der Waals surface area (Å²) in [5.74, 6) is 0.826. The molecular weight excluding hydrogens is 194 g/mol. The van der Waals surface area contributed by atoms with Crippen molar-refractivity contribution in [3.8, 4) is 0 Å². The highest BCUT2D eigenvalue weighted by Crippen LogP contribution is 2.18. The Bertz CT molecular complexity index is 294. The highest BCUT2D eigenvalue weighted by atomic mass is 35.5. The van der Waals surface area contributed by atoms with E-state index in [1.807, 2.05) is 12.1 Å². The Balaban J connectivity index is 1.94. The maximum atomic E-state index is 5.84. The van der Waals surface area contributed by atoms with Gasteiger partial charge in [-0.1, -0.05) is 30.7 Å². The molecule has 0 aliphatic carbocycles. The average Bonchev–Trinajstić information content (AvgIpc) is 2.56. The minimum atomic E-state index is 0.658. The number of nitrogens with one attached hydrogen (secondary N) is 1. The average molecular weight is 210 g/mol. The molecule has 1 unspecified atom stereocenters. The lowest BCUT2D eigenvalue weighted by Gasteiger charge is -2.09. The molecule has 1 heterocycles. The van der Waals surface area contributed by atoms with E-state index in [1.54, 1.807) is 0 Å². The summed E-state index contributed by atoms with van der Waals surface area (Å²) in [6, 6.07) is 8.83. The molecule has 76 valence electrons. The van der Waals surface area contributed by atoms with E-state index in [0.717, 1.165) is 23.9 Å². The SMILES string of the molecule is CC1CN[C@@H](Cc2ccc(Cl)cc2)C1. The van der Waals surface area contributed by atoms with Gasteiger partial charge < -0.3 is 5.32 Å². The molecule has 0 spiro atoms. The van der Waals surface area contributed by atoms with Crippen molar-refractivity contribution in [3.63, 3.8) is 0 Å². The quantitative estimate of drug-likeness (QED) is 0.790. The van der Waals surface area contributed by atoms with Crippen molar-refractivity contribution < 1.29 is 0 Å². The third-order valence-corrected chi connectivity index (χ3v) is 3.09. The number of hydrogen-bond donors (Lipinski definition) is 1. The molecular formula is C12H16ClN. The molecule has 0 aromatic heterocycles. The van der Waals surface area contributed by atoms with E-state index in [9.17, 15) is 0 Å². The van der Waals surface area contributed by atoms with Crippen molar-refractivity contribution in [2.45, 2.75) is 25.8 Å². The molecule has 1 N–H and O–H groups in total. The lowest BCUT2D eigenvalue weighted by Crippen LogP contribution is -2.23. The maximum Gasteiger partial charge on any atom is 0.0406 e. The normalized spacial score (nSPS) is 26.7. The molecule has 1 aromatic carbocycles. The molecule has 2 heteroatoms. The number of rotatable bonds is 2. The van der Waals surface area contributed by atoms with Crippen molar-refractivity contribution in [2.24, 2.45) is 5.92 Å². The highest BCUT2D eigenvalue weighted by molar-refractivity contribution is 6.30. The standard InChI is InChI=1S/C12H16ClN/c1-9-6-12(14-8-9)7-10-2-4-11(13)5-3-10/h2-5,9,12,14H,6-8H2,1H3/t9?,12-/m1/s1. The van der Waals surface area contributed by atoms with Crippen LogP contribution in [0.25, 0.3) is 0 Å². The molecule has 1 aliphatic rings. The Morgan fingerprint density at radius 1 is 1.36 bits per heavy atom. The molecule has 0 radical (unpaired) electrons. The summed E-state index contributed by atoms with van der Waals surface area (Å²) >= 11 is 5.84. The Kier molecular flexibility index (Phi) is 3.09. The Labute approximate surface area is 90.5 Å². The van der Waals surface area contributed by atoms with E-state index in [1.165, 1.54) is 12.0 Å². The molecule has 0 bridgehead atoms. The van der Waals surface area contributed by atoms with Crippen LogP contribution in [0.2, 0.25) is 5.02 Å². The van der Waals surface area contributed by atoms with Gasteiger partial charge in [-0.15, -0.1) is 0 Å². The fraction of sp³-hybridized carbons (Fsp3) is 0.500. The van der Waals surface area contributed by atoms with Crippen molar-refractivity contribution in [1.82, 2.24) is 5.32 Å². The van der Waals surface area contributed by atoms with Crippen LogP contribution < -0.4 is 5.32 Å². The minimum absolute atomic E-state index is 0.658. The van der Waals surface area contributed by atoms with Crippen LogP contribution in [0.15, 0.2) is 24.3 Å². The van der Waals surface area contributed by atoms with Crippen LogP contribution >= 0.6 is 11.6 Å².